The number of hydrogen-bond donors (Lipinski definition) is 0. The van der Waals surface area contributed by atoms with Crippen molar-refractivity contribution in [1.29, 1.82) is 0 Å². The highest BCUT2D eigenvalue weighted by Crippen LogP contribution is 2.32. The van der Waals surface area contributed by atoms with E-state index in [0.717, 1.165) is 65.1 Å². The highest BCUT2D eigenvalue weighted by atomic mass is 79.9. The third kappa shape index (κ3) is 9.68. The van der Waals surface area contributed by atoms with Gasteiger partial charge in [-0.05, 0) is 82.9 Å². The summed E-state index contributed by atoms with van der Waals surface area (Å²) in [7, 11) is 0. The molecule has 0 aliphatic rings. The van der Waals surface area contributed by atoms with E-state index in [-0.39, 0.29) is 0 Å². The number of halogens is 2. The number of rotatable bonds is 8. The molecule has 0 unspecified atom stereocenters. The minimum Gasteiger partial charge on any atom is -0.265 e. The summed E-state index contributed by atoms with van der Waals surface area (Å²) in [6.45, 7) is 0. The molecule has 0 saturated heterocycles. The average Bonchev–Trinajstić information content (AvgIpc) is 3.35. The summed E-state index contributed by atoms with van der Waals surface area (Å²) < 4.78 is 2.08. The molecular formula is C54H36Br2N6. The minimum atomic E-state index is 0.685. The predicted molar refractivity (Wildman–Crippen MR) is 259 cm³/mol. The Balaban J connectivity index is 0.000000158. The molecule has 0 aliphatic carbocycles. The highest BCUT2D eigenvalue weighted by molar-refractivity contribution is 9.10. The zero-order valence-corrected chi connectivity index (χ0v) is 36.4. The van der Waals surface area contributed by atoms with Crippen molar-refractivity contribution >= 4 is 31.9 Å². The van der Waals surface area contributed by atoms with E-state index >= 15 is 0 Å². The molecule has 296 valence electrons. The van der Waals surface area contributed by atoms with E-state index in [9.17, 15) is 0 Å². The van der Waals surface area contributed by atoms with E-state index in [1.165, 1.54) is 22.3 Å². The molecule has 6 aromatic carbocycles. The molecule has 10 aromatic rings. The summed E-state index contributed by atoms with van der Waals surface area (Å²) in [6.07, 6.45) is 7.05. The van der Waals surface area contributed by atoms with Gasteiger partial charge in [0.1, 0.15) is 0 Å². The van der Waals surface area contributed by atoms with E-state index in [0.29, 0.717) is 11.6 Å². The molecule has 0 spiro atoms. The molecular weight excluding hydrogens is 892 g/mol. The second-order valence-electron chi connectivity index (χ2n) is 14.3. The highest BCUT2D eigenvalue weighted by Gasteiger charge is 2.13. The molecule has 0 atom stereocenters. The van der Waals surface area contributed by atoms with Gasteiger partial charge in [-0.1, -0.05) is 165 Å². The molecule has 0 radical (unpaired) electrons. The van der Waals surface area contributed by atoms with Gasteiger partial charge in [0, 0.05) is 67.1 Å². The van der Waals surface area contributed by atoms with Gasteiger partial charge in [0.05, 0.1) is 22.8 Å². The number of hydrogen-bond acceptors (Lipinski definition) is 6. The van der Waals surface area contributed by atoms with Gasteiger partial charge in [-0.2, -0.15) is 0 Å². The van der Waals surface area contributed by atoms with Gasteiger partial charge in [0.2, 0.25) is 0 Å². The van der Waals surface area contributed by atoms with Gasteiger partial charge in [0.15, 0.2) is 11.6 Å². The van der Waals surface area contributed by atoms with Crippen LogP contribution in [0.25, 0.3) is 90.1 Å². The standard InChI is InChI=1S/2C27H18BrN3/c2*28-24-12-10-22(11-13-24)26-18-25(30-27(31-26)23-14-16-29-17-15-23)21-8-6-20(7-9-21)19-4-2-1-3-5-19/h2*1-18H. The summed E-state index contributed by atoms with van der Waals surface area (Å²) in [5, 5.41) is 0. The Morgan fingerprint density at radius 1 is 0.242 bits per heavy atom. The molecule has 62 heavy (non-hydrogen) atoms. The monoisotopic (exact) mass is 926 g/mol. The molecule has 0 saturated carbocycles. The van der Waals surface area contributed by atoms with Gasteiger partial charge in [-0.25, -0.2) is 19.9 Å². The molecule has 0 amide bonds. The van der Waals surface area contributed by atoms with Crippen molar-refractivity contribution in [3.05, 3.63) is 228 Å². The Hall–Kier alpha value is -7.26. The van der Waals surface area contributed by atoms with Crippen LogP contribution in [0.1, 0.15) is 0 Å². The lowest BCUT2D eigenvalue weighted by Gasteiger charge is -2.10. The zero-order chi connectivity index (χ0) is 42.1. The Kier molecular flexibility index (Phi) is 12.3. The van der Waals surface area contributed by atoms with Gasteiger partial charge < -0.3 is 0 Å². The van der Waals surface area contributed by atoms with E-state index in [1.807, 2.05) is 72.8 Å². The fraction of sp³-hybridized carbons (Fsp3) is 0. The van der Waals surface area contributed by atoms with Gasteiger partial charge >= 0.3 is 0 Å². The lowest BCUT2D eigenvalue weighted by Crippen LogP contribution is -1.96. The molecule has 0 N–H and O–H groups in total. The number of benzene rings is 6. The lowest BCUT2D eigenvalue weighted by molar-refractivity contribution is 1.17. The average molecular weight is 929 g/mol. The molecule has 0 fully saturated rings. The quantitative estimate of drug-likeness (QED) is 0.151. The van der Waals surface area contributed by atoms with E-state index < -0.39 is 0 Å². The van der Waals surface area contributed by atoms with E-state index in [4.69, 9.17) is 19.9 Å². The number of nitrogens with zero attached hydrogens (tertiary/aromatic N) is 6. The maximum atomic E-state index is 4.87. The summed E-state index contributed by atoms with van der Waals surface area (Å²) in [5.41, 5.74) is 14.4. The smallest absolute Gasteiger partial charge is 0.160 e. The molecule has 4 aromatic heterocycles. The summed E-state index contributed by atoms with van der Waals surface area (Å²) in [4.78, 5) is 27.7. The van der Waals surface area contributed by atoms with Crippen molar-refractivity contribution in [3.63, 3.8) is 0 Å². The van der Waals surface area contributed by atoms with Gasteiger partial charge in [0.25, 0.3) is 0 Å². The van der Waals surface area contributed by atoms with Crippen LogP contribution in [0.4, 0.5) is 0 Å². The maximum absolute atomic E-state index is 4.87. The third-order valence-electron chi connectivity index (χ3n) is 10.2. The fourth-order valence-electron chi connectivity index (χ4n) is 6.92. The number of aromatic nitrogens is 6. The first kappa shape index (κ1) is 40.2. The van der Waals surface area contributed by atoms with Crippen LogP contribution in [-0.4, -0.2) is 29.9 Å². The Bertz CT molecular complexity index is 2810. The molecule has 0 aliphatic heterocycles. The molecule has 8 heteroatoms. The largest absolute Gasteiger partial charge is 0.265 e. The summed E-state index contributed by atoms with van der Waals surface area (Å²) in [5.74, 6) is 1.37. The Morgan fingerprint density at radius 2 is 0.500 bits per heavy atom. The van der Waals surface area contributed by atoms with Crippen molar-refractivity contribution in [2.24, 2.45) is 0 Å². The Labute approximate surface area is 377 Å². The van der Waals surface area contributed by atoms with E-state index in [2.05, 4.69) is 163 Å². The zero-order valence-electron chi connectivity index (χ0n) is 33.2. The fourth-order valence-corrected chi connectivity index (χ4v) is 7.44. The first-order valence-corrected chi connectivity index (χ1v) is 21.5. The number of pyridine rings is 2. The molecule has 10 rings (SSSR count). The van der Waals surface area contributed by atoms with Crippen molar-refractivity contribution in [2.45, 2.75) is 0 Å². The van der Waals surface area contributed by atoms with Crippen molar-refractivity contribution in [3.8, 4) is 90.1 Å². The minimum absolute atomic E-state index is 0.685. The Morgan fingerprint density at radius 3 is 0.806 bits per heavy atom. The second-order valence-corrected chi connectivity index (χ2v) is 16.1. The topological polar surface area (TPSA) is 77.3 Å². The molecule has 0 bridgehead atoms. The predicted octanol–water partition coefficient (Wildman–Crippen LogP) is 14.6. The van der Waals surface area contributed by atoms with Crippen LogP contribution in [0, 0.1) is 0 Å². The van der Waals surface area contributed by atoms with Crippen molar-refractivity contribution in [2.75, 3.05) is 0 Å². The first-order valence-electron chi connectivity index (χ1n) is 19.9. The molecule has 6 nitrogen and oxygen atoms in total. The van der Waals surface area contributed by atoms with Gasteiger partial charge in [-0.3, -0.25) is 9.97 Å². The third-order valence-corrected chi connectivity index (χ3v) is 11.2. The van der Waals surface area contributed by atoms with Crippen molar-refractivity contribution in [1.82, 2.24) is 29.9 Å². The van der Waals surface area contributed by atoms with Crippen LogP contribution in [0.15, 0.2) is 228 Å². The van der Waals surface area contributed by atoms with E-state index in [1.54, 1.807) is 24.8 Å². The van der Waals surface area contributed by atoms with Crippen LogP contribution in [0.2, 0.25) is 0 Å². The molecule has 4 heterocycles. The SMILES string of the molecule is Brc1ccc(-c2cc(-c3ccc(-c4ccccc4)cc3)nc(-c3ccncc3)n2)cc1.Brc1ccc(-c2cc(-c3ccc(-c4ccccc4)cc3)nc(-c3ccncc3)n2)cc1. The van der Waals surface area contributed by atoms with Crippen LogP contribution in [0.3, 0.4) is 0 Å². The van der Waals surface area contributed by atoms with Crippen LogP contribution in [0.5, 0.6) is 0 Å². The van der Waals surface area contributed by atoms with Crippen LogP contribution >= 0.6 is 31.9 Å². The maximum Gasteiger partial charge on any atom is 0.160 e. The lowest BCUT2D eigenvalue weighted by atomic mass is 10.0. The van der Waals surface area contributed by atoms with Crippen LogP contribution in [-0.2, 0) is 0 Å². The van der Waals surface area contributed by atoms with Crippen LogP contribution < -0.4 is 0 Å². The van der Waals surface area contributed by atoms with Crippen molar-refractivity contribution < 1.29 is 0 Å². The van der Waals surface area contributed by atoms with Gasteiger partial charge in [-0.15, -0.1) is 0 Å². The normalized spacial score (nSPS) is 10.7. The first-order chi connectivity index (χ1) is 30.5. The summed E-state index contributed by atoms with van der Waals surface area (Å²) >= 11 is 7.01. The summed E-state index contributed by atoms with van der Waals surface area (Å²) in [6, 6.07) is 65.9. The second kappa shape index (κ2) is 19.0.